The molecule has 0 radical (unpaired) electrons. The van der Waals surface area contributed by atoms with Crippen molar-refractivity contribution in [3.63, 3.8) is 0 Å². The van der Waals surface area contributed by atoms with Crippen molar-refractivity contribution in [2.45, 2.75) is 65.5 Å². The van der Waals surface area contributed by atoms with Gasteiger partial charge >= 0.3 is 0 Å². The second-order valence-corrected chi connectivity index (χ2v) is 9.39. The molecule has 0 spiro atoms. The minimum atomic E-state index is -0.798. The van der Waals surface area contributed by atoms with Crippen LogP contribution in [0.2, 0.25) is 0 Å². The fourth-order valence-electron chi connectivity index (χ4n) is 3.34. The van der Waals surface area contributed by atoms with Gasteiger partial charge in [0.1, 0.15) is 0 Å². The fourth-order valence-corrected chi connectivity index (χ4v) is 4.20. The zero-order chi connectivity index (χ0) is 18.7. The van der Waals surface area contributed by atoms with Gasteiger partial charge in [-0.05, 0) is 49.1 Å². The number of amides is 2. The second-order valence-electron chi connectivity index (χ2n) is 8.22. The molecule has 1 aliphatic rings. The highest BCUT2D eigenvalue weighted by Crippen LogP contribution is 2.41. The van der Waals surface area contributed by atoms with E-state index in [4.69, 9.17) is 0 Å². The fraction of sp³-hybridized carbons (Fsp3) is 0.684. The Bertz CT molecular complexity index is 610. The van der Waals surface area contributed by atoms with Gasteiger partial charge in [0.15, 0.2) is 0 Å². The molecule has 1 fully saturated rings. The van der Waals surface area contributed by atoms with E-state index in [0.29, 0.717) is 23.9 Å². The highest BCUT2D eigenvalue weighted by molar-refractivity contribution is 7.14. The molecule has 1 saturated carbocycles. The van der Waals surface area contributed by atoms with Crippen molar-refractivity contribution in [3.05, 3.63) is 21.9 Å². The first-order valence-electron chi connectivity index (χ1n) is 8.93. The van der Waals surface area contributed by atoms with E-state index in [0.717, 1.165) is 30.6 Å². The number of carbonyl (C=O) groups excluding carboxylic acids is 2. The standard InChI is InChI=1S/C19H30N2O3S/c1-13(22)20-11-15-5-6-16(25-15)17(23)21-12-19(24)9-7-14(8-10-19)18(2,3)4/h5-6,14,24H,7-12H2,1-4H3,(H,20,22)(H,21,23). The smallest absolute Gasteiger partial charge is 0.261 e. The molecular formula is C19H30N2O3S. The zero-order valence-corrected chi connectivity index (χ0v) is 16.5. The number of carbonyl (C=O) groups is 2. The molecule has 1 aromatic rings. The van der Waals surface area contributed by atoms with Crippen LogP contribution in [0.4, 0.5) is 0 Å². The summed E-state index contributed by atoms with van der Waals surface area (Å²) in [6.07, 6.45) is 3.45. The summed E-state index contributed by atoms with van der Waals surface area (Å²) in [5, 5.41) is 16.3. The van der Waals surface area contributed by atoms with E-state index in [1.54, 1.807) is 6.07 Å². The van der Waals surface area contributed by atoms with Crippen LogP contribution in [-0.2, 0) is 11.3 Å². The highest BCUT2D eigenvalue weighted by atomic mass is 32.1. The molecular weight excluding hydrogens is 336 g/mol. The molecule has 0 bridgehead atoms. The molecule has 1 heterocycles. The summed E-state index contributed by atoms with van der Waals surface area (Å²) in [4.78, 5) is 24.8. The van der Waals surface area contributed by atoms with E-state index >= 15 is 0 Å². The summed E-state index contributed by atoms with van der Waals surface area (Å²) in [7, 11) is 0. The lowest BCUT2D eigenvalue weighted by Gasteiger charge is -2.41. The van der Waals surface area contributed by atoms with Crippen LogP contribution in [0.5, 0.6) is 0 Å². The quantitative estimate of drug-likeness (QED) is 0.749. The largest absolute Gasteiger partial charge is 0.388 e. The number of aliphatic hydroxyl groups is 1. The summed E-state index contributed by atoms with van der Waals surface area (Å²) in [5.74, 6) is 0.370. The Hall–Kier alpha value is -1.40. The summed E-state index contributed by atoms with van der Waals surface area (Å²) in [5.41, 5.74) is -0.528. The van der Waals surface area contributed by atoms with E-state index < -0.39 is 5.60 Å². The van der Waals surface area contributed by atoms with Crippen LogP contribution < -0.4 is 10.6 Å². The molecule has 2 rings (SSSR count). The van der Waals surface area contributed by atoms with Crippen LogP contribution in [0.1, 0.15) is 67.9 Å². The van der Waals surface area contributed by atoms with Crippen molar-refractivity contribution in [3.8, 4) is 0 Å². The maximum absolute atomic E-state index is 12.3. The monoisotopic (exact) mass is 366 g/mol. The number of nitrogens with one attached hydrogen (secondary N) is 2. The Morgan fingerprint density at radius 1 is 1.24 bits per heavy atom. The van der Waals surface area contributed by atoms with Crippen LogP contribution >= 0.6 is 11.3 Å². The van der Waals surface area contributed by atoms with Crippen molar-refractivity contribution in [2.24, 2.45) is 11.3 Å². The number of rotatable bonds is 5. The Morgan fingerprint density at radius 2 is 1.88 bits per heavy atom. The van der Waals surface area contributed by atoms with E-state index in [1.165, 1.54) is 18.3 Å². The average Bonchev–Trinajstić information content (AvgIpc) is 2.99. The molecule has 1 aromatic heterocycles. The molecule has 0 aromatic carbocycles. The number of thiophene rings is 1. The number of hydrogen-bond acceptors (Lipinski definition) is 4. The Balaban J connectivity index is 1.83. The van der Waals surface area contributed by atoms with Crippen molar-refractivity contribution >= 4 is 23.2 Å². The molecule has 25 heavy (non-hydrogen) atoms. The van der Waals surface area contributed by atoms with Crippen LogP contribution in [0.25, 0.3) is 0 Å². The van der Waals surface area contributed by atoms with E-state index in [-0.39, 0.29) is 17.2 Å². The molecule has 3 N–H and O–H groups in total. The molecule has 140 valence electrons. The summed E-state index contributed by atoms with van der Waals surface area (Å²) >= 11 is 1.36. The average molecular weight is 367 g/mol. The minimum Gasteiger partial charge on any atom is -0.388 e. The van der Waals surface area contributed by atoms with Gasteiger partial charge in [-0.3, -0.25) is 9.59 Å². The molecule has 0 saturated heterocycles. The molecule has 0 atom stereocenters. The van der Waals surface area contributed by atoms with Gasteiger partial charge in [0.25, 0.3) is 5.91 Å². The minimum absolute atomic E-state index is 0.0903. The highest BCUT2D eigenvalue weighted by Gasteiger charge is 2.37. The van der Waals surface area contributed by atoms with Crippen LogP contribution in [-0.4, -0.2) is 29.1 Å². The van der Waals surface area contributed by atoms with Crippen molar-refractivity contribution in [1.82, 2.24) is 10.6 Å². The topological polar surface area (TPSA) is 78.4 Å². The molecule has 0 unspecified atom stereocenters. The van der Waals surface area contributed by atoms with Crippen LogP contribution in [0, 0.1) is 11.3 Å². The molecule has 2 amide bonds. The first-order valence-corrected chi connectivity index (χ1v) is 9.74. The molecule has 6 heteroatoms. The third kappa shape index (κ3) is 5.82. The Kier molecular flexibility index (Phi) is 6.27. The van der Waals surface area contributed by atoms with E-state index in [9.17, 15) is 14.7 Å². The van der Waals surface area contributed by atoms with Gasteiger partial charge in [-0.15, -0.1) is 11.3 Å². The van der Waals surface area contributed by atoms with Gasteiger partial charge in [-0.2, -0.15) is 0 Å². The van der Waals surface area contributed by atoms with Gasteiger partial charge in [0, 0.05) is 18.3 Å². The van der Waals surface area contributed by atoms with E-state index in [1.807, 2.05) is 6.07 Å². The first-order chi connectivity index (χ1) is 11.6. The lowest BCUT2D eigenvalue weighted by molar-refractivity contribution is -0.119. The predicted octanol–water partition coefficient (Wildman–Crippen LogP) is 3.08. The van der Waals surface area contributed by atoms with Gasteiger partial charge in [-0.1, -0.05) is 20.8 Å². The Labute approximate surface area is 154 Å². The third-order valence-corrected chi connectivity index (χ3v) is 6.20. The molecule has 5 nitrogen and oxygen atoms in total. The maximum Gasteiger partial charge on any atom is 0.261 e. The van der Waals surface area contributed by atoms with Crippen molar-refractivity contribution < 1.29 is 14.7 Å². The zero-order valence-electron chi connectivity index (χ0n) is 15.6. The van der Waals surface area contributed by atoms with Crippen LogP contribution in [0.15, 0.2) is 12.1 Å². The van der Waals surface area contributed by atoms with Crippen LogP contribution in [0.3, 0.4) is 0 Å². The lowest BCUT2D eigenvalue weighted by atomic mass is 9.68. The van der Waals surface area contributed by atoms with Gasteiger partial charge in [0.2, 0.25) is 5.91 Å². The van der Waals surface area contributed by atoms with Gasteiger partial charge in [0.05, 0.1) is 17.0 Å². The Morgan fingerprint density at radius 3 is 2.44 bits per heavy atom. The SMILES string of the molecule is CC(=O)NCc1ccc(C(=O)NCC2(O)CCC(C(C)(C)C)CC2)s1. The summed E-state index contributed by atoms with van der Waals surface area (Å²) in [6, 6.07) is 3.61. The van der Waals surface area contributed by atoms with Gasteiger partial charge in [-0.25, -0.2) is 0 Å². The van der Waals surface area contributed by atoms with E-state index in [2.05, 4.69) is 31.4 Å². The normalized spacial score (nSPS) is 24.0. The first kappa shape index (κ1) is 19.9. The molecule has 1 aliphatic carbocycles. The van der Waals surface area contributed by atoms with Crippen molar-refractivity contribution in [2.75, 3.05) is 6.54 Å². The summed E-state index contributed by atoms with van der Waals surface area (Å²) < 4.78 is 0. The predicted molar refractivity (Wildman–Crippen MR) is 101 cm³/mol. The van der Waals surface area contributed by atoms with Crippen molar-refractivity contribution in [1.29, 1.82) is 0 Å². The lowest BCUT2D eigenvalue weighted by Crippen LogP contribution is -2.46. The second kappa shape index (κ2) is 7.87. The molecule has 0 aliphatic heterocycles. The maximum atomic E-state index is 12.3. The third-order valence-electron chi connectivity index (χ3n) is 5.12. The summed E-state index contributed by atoms with van der Waals surface area (Å²) in [6.45, 7) is 8.95. The van der Waals surface area contributed by atoms with Gasteiger partial charge < -0.3 is 15.7 Å². The number of hydrogen-bond donors (Lipinski definition) is 3.